The summed E-state index contributed by atoms with van der Waals surface area (Å²) in [6.07, 6.45) is 0.960. The molecule has 0 spiro atoms. The predicted octanol–water partition coefficient (Wildman–Crippen LogP) is 1.85. The number of aryl methyl sites for hydroxylation is 1. The van der Waals surface area contributed by atoms with Gasteiger partial charge in [-0.15, -0.1) is 0 Å². The van der Waals surface area contributed by atoms with Crippen LogP contribution in [0.3, 0.4) is 0 Å². The standard InChI is InChI=1S/C17H26N2O3/c1-3-22-16-6-5-15(13-14(16)2)17(20)18-7-4-8-19-9-11-21-12-10-19/h5-6,13H,3-4,7-12H2,1-2H3,(H,18,20). The second kappa shape index (κ2) is 8.76. The monoisotopic (exact) mass is 306 g/mol. The number of ether oxygens (including phenoxy) is 2. The van der Waals surface area contributed by atoms with Crippen molar-refractivity contribution in [2.45, 2.75) is 20.3 Å². The molecule has 122 valence electrons. The quantitative estimate of drug-likeness (QED) is 0.781. The lowest BCUT2D eigenvalue weighted by molar-refractivity contribution is 0.0374. The Balaban J connectivity index is 1.73. The van der Waals surface area contributed by atoms with Crippen molar-refractivity contribution >= 4 is 5.91 Å². The van der Waals surface area contributed by atoms with Crippen LogP contribution in [0.4, 0.5) is 0 Å². The molecule has 1 N–H and O–H groups in total. The molecule has 0 radical (unpaired) electrons. The molecule has 22 heavy (non-hydrogen) atoms. The van der Waals surface area contributed by atoms with Gasteiger partial charge in [0.15, 0.2) is 0 Å². The molecule has 1 heterocycles. The Bertz CT molecular complexity index is 485. The van der Waals surface area contributed by atoms with Gasteiger partial charge in [-0.3, -0.25) is 9.69 Å². The molecule has 2 rings (SSSR count). The summed E-state index contributed by atoms with van der Waals surface area (Å²) in [5.41, 5.74) is 1.68. The van der Waals surface area contributed by atoms with Crippen molar-refractivity contribution in [3.63, 3.8) is 0 Å². The summed E-state index contributed by atoms with van der Waals surface area (Å²) in [6.45, 7) is 9.87. The summed E-state index contributed by atoms with van der Waals surface area (Å²) in [7, 11) is 0. The SMILES string of the molecule is CCOc1ccc(C(=O)NCCCN2CCOCC2)cc1C. The molecule has 0 aliphatic carbocycles. The van der Waals surface area contributed by atoms with Crippen molar-refractivity contribution in [1.29, 1.82) is 0 Å². The summed E-state index contributed by atoms with van der Waals surface area (Å²) < 4.78 is 10.8. The molecule has 0 aromatic heterocycles. The number of carbonyl (C=O) groups is 1. The maximum Gasteiger partial charge on any atom is 0.251 e. The normalized spacial score (nSPS) is 15.5. The zero-order valence-electron chi connectivity index (χ0n) is 13.6. The summed E-state index contributed by atoms with van der Waals surface area (Å²) in [5.74, 6) is 0.819. The smallest absolute Gasteiger partial charge is 0.251 e. The number of amides is 1. The first kappa shape index (κ1) is 16.8. The molecular formula is C17H26N2O3. The van der Waals surface area contributed by atoms with Crippen molar-refractivity contribution in [3.8, 4) is 5.75 Å². The highest BCUT2D eigenvalue weighted by molar-refractivity contribution is 5.94. The van der Waals surface area contributed by atoms with Gasteiger partial charge in [0.1, 0.15) is 5.75 Å². The van der Waals surface area contributed by atoms with Gasteiger partial charge in [0, 0.05) is 25.2 Å². The number of carbonyl (C=O) groups excluding carboxylic acids is 1. The molecule has 1 fully saturated rings. The van der Waals surface area contributed by atoms with Crippen LogP contribution in [0.5, 0.6) is 5.75 Å². The third-order valence-electron chi connectivity index (χ3n) is 3.78. The zero-order valence-corrected chi connectivity index (χ0v) is 13.6. The average molecular weight is 306 g/mol. The maximum atomic E-state index is 12.1. The van der Waals surface area contributed by atoms with Gasteiger partial charge in [0.05, 0.1) is 19.8 Å². The van der Waals surface area contributed by atoms with Gasteiger partial charge in [-0.2, -0.15) is 0 Å². The van der Waals surface area contributed by atoms with Crippen LogP contribution >= 0.6 is 0 Å². The number of nitrogens with one attached hydrogen (secondary N) is 1. The van der Waals surface area contributed by atoms with Crippen molar-refractivity contribution in [2.24, 2.45) is 0 Å². The van der Waals surface area contributed by atoms with Crippen molar-refractivity contribution < 1.29 is 14.3 Å². The van der Waals surface area contributed by atoms with Gasteiger partial charge >= 0.3 is 0 Å². The molecular weight excluding hydrogens is 280 g/mol. The molecule has 1 aliphatic heterocycles. The van der Waals surface area contributed by atoms with Crippen LogP contribution in [0.15, 0.2) is 18.2 Å². The van der Waals surface area contributed by atoms with E-state index in [1.165, 1.54) is 0 Å². The minimum Gasteiger partial charge on any atom is -0.494 e. The van der Waals surface area contributed by atoms with E-state index in [9.17, 15) is 4.79 Å². The number of benzene rings is 1. The molecule has 1 aromatic rings. The minimum atomic E-state index is -0.0203. The fourth-order valence-corrected chi connectivity index (χ4v) is 2.54. The first-order valence-electron chi connectivity index (χ1n) is 8.02. The predicted molar refractivity (Wildman–Crippen MR) is 86.6 cm³/mol. The third-order valence-corrected chi connectivity index (χ3v) is 3.78. The van der Waals surface area contributed by atoms with Crippen LogP contribution < -0.4 is 10.1 Å². The van der Waals surface area contributed by atoms with E-state index in [1.807, 2.05) is 32.0 Å². The molecule has 1 amide bonds. The van der Waals surface area contributed by atoms with Crippen LogP contribution in [-0.4, -0.2) is 56.8 Å². The van der Waals surface area contributed by atoms with E-state index in [0.29, 0.717) is 18.7 Å². The molecule has 0 unspecified atom stereocenters. The number of hydrogen-bond donors (Lipinski definition) is 1. The fraction of sp³-hybridized carbons (Fsp3) is 0.588. The molecule has 0 saturated carbocycles. The van der Waals surface area contributed by atoms with Gasteiger partial charge in [-0.05, 0) is 50.6 Å². The summed E-state index contributed by atoms with van der Waals surface area (Å²) >= 11 is 0. The second-order valence-electron chi connectivity index (χ2n) is 5.48. The number of morpholine rings is 1. The van der Waals surface area contributed by atoms with Crippen LogP contribution in [-0.2, 0) is 4.74 Å². The third kappa shape index (κ3) is 5.00. The minimum absolute atomic E-state index is 0.0203. The lowest BCUT2D eigenvalue weighted by atomic mass is 10.1. The molecule has 1 aromatic carbocycles. The lowest BCUT2D eigenvalue weighted by Crippen LogP contribution is -2.38. The number of hydrogen-bond acceptors (Lipinski definition) is 4. The first-order valence-corrected chi connectivity index (χ1v) is 8.02. The van der Waals surface area contributed by atoms with Gasteiger partial charge in [-0.1, -0.05) is 0 Å². The highest BCUT2D eigenvalue weighted by atomic mass is 16.5. The van der Waals surface area contributed by atoms with Crippen LogP contribution in [0, 0.1) is 6.92 Å². The Morgan fingerprint density at radius 1 is 1.36 bits per heavy atom. The van der Waals surface area contributed by atoms with Gasteiger partial charge in [0.2, 0.25) is 0 Å². The number of rotatable bonds is 7. The maximum absolute atomic E-state index is 12.1. The Labute approximate surface area is 132 Å². The van der Waals surface area contributed by atoms with Gasteiger partial charge in [0.25, 0.3) is 5.91 Å². The molecule has 1 saturated heterocycles. The highest BCUT2D eigenvalue weighted by Gasteiger charge is 2.11. The van der Waals surface area contributed by atoms with Gasteiger partial charge in [-0.25, -0.2) is 0 Å². The highest BCUT2D eigenvalue weighted by Crippen LogP contribution is 2.19. The summed E-state index contributed by atoms with van der Waals surface area (Å²) in [5, 5.41) is 2.98. The molecule has 0 atom stereocenters. The summed E-state index contributed by atoms with van der Waals surface area (Å²) in [6, 6.07) is 5.55. The summed E-state index contributed by atoms with van der Waals surface area (Å²) in [4.78, 5) is 14.5. The van der Waals surface area contributed by atoms with Crippen molar-refractivity contribution in [3.05, 3.63) is 29.3 Å². The topological polar surface area (TPSA) is 50.8 Å². The van der Waals surface area contributed by atoms with Crippen LogP contribution in [0.1, 0.15) is 29.3 Å². The second-order valence-corrected chi connectivity index (χ2v) is 5.48. The van der Waals surface area contributed by atoms with Crippen molar-refractivity contribution in [1.82, 2.24) is 10.2 Å². The van der Waals surface area contributed by atoms with E-state index < -0.39 is 0 Å². The van der Waals surface area contributed by atoms with E-state index in [4.69, 9.17) is 9.47 Å². The Morgan fingerprint density at radius 3 is 2.82 bits per heavy atom. The van der Waals surface area contributed by atoms with Crippen LogP contribution in [0.2, 0.25) is 0 Å². The number of nitrogens with zero attached hydrogens (tertiary/aromatic N) is 1. The largest absolute Gasteiger partial charge is 0.494 e. The molecule has 5 heteroatoms. The van der Waals surface area contributed by atoms with E-state index in [0.717, 1.165) is 50.6 Å². The molecule has 5 nitrogen and oxygen atoms in total. The zero-order chi connectivity index (χ0) is 15.8. The lowest BCUT2D eigenvalue weighted by Gasteiger charge is -2.26. The Morgan fingerprint density at radius 2 is 2.14 bits per heavy atom. The Kier molecular flexibility index (Phi) is 6.68. The molecule has 0 bridgehead atoms. The van der Waals surface area contributed by atoms with Crippen LogP contribution in [0.25, 0.3) is 0 Å². The van der Waals surface area contributed by atoms with E-state index >= 15 is 0 Å². The Hall–Kier alpha value is -1.59. The molecule has 1 aliphatic rings. The average Bonchev–Trinajstić information content (AvgIpc) is 2.54. The van der Waals surface area contributed by atoms with E-state index in [-0.39, 0.29) is 5.91 Å². The first-order chi connectivity index (χ1) is 10.7. The van der Waals surface area contributed by atoms with E-state index in [2.05, 4.69) is 10.2 Å². The van der Waals surface area contributed by atoms with E-state index in [1.54, 1.807) is 0 Å². The van der Waals surface area contributed by atoms with Gasteiger partial charge < -0.3 is 14.8 Å². The van der Waals surface area contributed by atoms with Crippen molar-refractivity contribution in [2.75, 3.05) is 46.0 Å². The fourth-order valence-electron chi connectivity index (χ4n) is 2.54.